The molecule has 0 bridgehead atoms. The van der Waals surface area contributed by atoms with Gasteiger partial charge in [-0.25, -0.2) is 0 Å². The van der Waals surface area contributed by atoms with E-state index in [0.717, 1.165) is 41.9 Å². The molecule has 2 heterocycles. The minimum Gasteiger partial charge on any atom is -0.508 e. The second-order valence-electron chi connectivity index (χ2n) is 9.10. The first-order valence-corrected chi connectivity index (χ1v) is 10.9. The molecule has 2 aliphatic rings. The summed E-state index contributed by atoms with van der Waals surface area (Å²) in [4.78, 5) is 0. The van der Waals surface area contributed by atoms with Crippen molar-refractivity contribution in [1.82, 2.24) is 0 Å². The topological polar surface area (TPSA) is 47.9 Å². The molecule has 0 saturated carbocycles. The summed E-state index contributed by atoms with van der Waals surface area (Å²) in [6, 6.07) is 19.7. The lowest BCUT2D eigenvalue weighted by molar-refractivity contribution is 0.0826. The molecule has 0 aliphatic carbocycles. The molecule has 1 atom stereocenters. The molecular weight excluding hydrogens is 388 g/mol. The van der Waals surface area contributed by atoms with Crippen LogP contribution in [0.15, 0.2) is 60.7 Å². The third-order valence-corrected chi connectivity index (χ3v) is 6.23. The van der Waals surface area contributed by atoms with Gasteiger partial charge in [0.25, 0.3) is 0 Å². The highest BCUT2D eigenvalue weighted by atomic mass is 16.5. The van der Waals surface area contributed by atoms with E-state index in [0.29, 0.717) is 19.0 Å². The summed E-state index contributed by atoms with van der Waals surface area (Å²) >= 11 is 0. The molecule has 5 rings (SSSR count). The average Bonchev–Trinajstić information content (AvgIpc) is 2.77. The third-order valence-electron chi connectivity index (χ3n) is 6.23. The molecule has 0 fully saturated rings. The highest BCUT2D eigenvalue weighted by Crippen LogP contribution is 2.45. The zero-order valence-electron chi connectivity index (χ0n) is 18.1. The lowest BCUT2D eigenvalue weighted by Gasteiger charge is -2.36. The molecule has 2 aliphatic heterocycles. The standard InChI is InChI=1S/C27H28O4/c1-27(2)13-12-23-24(31-27)11-8-19-14-20(17-30-26(19)23)22-10-9-21(28)15-25(22)29-16-18-6-4-3-5-7-18/h3-11,15,20,28H,12-14,16-17H2,1-2H3/t20-/m1/s1. The van der Waals surface area contributed by atoms with Crippen LogP contribution in [-0.4, -0.2) is 17.3 Å². The molecule has 160 valence electrons. The maximum atomic E-state index is 10.0. The fraction of sp³-hybridized carbons (Fsp3) is 0.333. The van der Waals surface area contributed by atoms with E-state index in [-0.39, 0.29) is 17.3 Å². The number of rotatable bonds is 4. The van der Waals surface area contributed by atoms with Gasteiger partial charge < -0.3 is 19.3 Å². The van der Waals surface area contributed by atoms with Crippen LogP contribution in [0.1, 0.15) is 48.4 Å². The quantitative estimate of drug-likeness (QED) is 0.584. The van der Waals surface area contributed by atoms with Crippen LogP contribution in [0, 0.1) is 0 Å². The highest BCUT2D eigenvalue weighted by Gasteiger charge is 2.32. The van der Waals surface area contributed by atoms with Crippen LogP contribution in [0.4, 0.5) is 0 Å². The first kappa shape index (κ1) is 19.8. The number of hydrogen-bond acceptors (Lipinski definition) is 4. The molecule has 1 N–H and O–H groups in total. The Morgan fingerprint density at radius 2 is 1.90 bits per heavy atom. The smallest absolute Gasteiger partial charge is 0.129 e. The Balaban J connectivity index is 1.39. The summed E-state index contributed by atoms with van der Waals surface area (Å²) in [5.74, 6) is 3.03. The van der Waals surface area contributed by atoms with E-state index in [1.54, 1.807) is 12.1 Å². The molecule has 4 heteroatoms. The van der Waals surface area contributed by atoms with Gasteiger partial charge >= 0.3 is 0 Å². The van der Waals surface area contributed by atoms with Crippen molar-refractivity contribution in [1.29, 1.82) is 0 Å². The summed E-state index contributed by atoms with van der Waals surface area (Å²) in [5.41, 5.74) is 4.43. The Morgan fingerprint density at radius 3 is 2.74 bits per heavy atom. The first-order valence-electron chi connectivity index (χ1n) is 10.9. The van der Waals surface area contributed by atoms with E-state index >= 15 is 0 Å². The minimum absolute atomic E-state index is 0.129. The van der Waals surface area contributed by atoms with Crippen LogP contribution in [-0.2, 0) is 19.4 Å². The van der Waals surface area contributed by atoms with Gasteiger partial charge in [-0.05, 0) is 56.4 Å². The summed E-state index contributed by atoms with van der Waals surface area (Å²) in [5, 5.41) is 10.0. The number of fused-ring (bicyclic) bond motifs is 3. The minimum atomic E-state index is -0.129. The fourth-order valence-electron chi connectivity index (χ4n) is 4.53. The van der Waals surface area contributed by atoms with Crippen LogP contribution < -0.4 is 14.2 Å². The summed E-state index contributed by atoms with van der Waals surface area (Å²) in [7, 11) is 0. The summed E-state index contributed by atoms with van der Waals surface area (Å²) in [6.45, 7) is 5.31. The monoisotopic (exact) mass is 416 g/mol. The summed E-state index contributed by atoms with van der Waals surface area (Å²) < 4.78 is 18.6. The van der Waals surface area contributed by atoms with Gasteiger partial charge in [0, 0.05) is 23.1 Å². The Morgan fingerprint density at radius 1 is 1.06 bits per heavy atom. The van der Waals surface area contributed by atoms with Gasteiger partial charge in [0.15, 0.2) is 0 Å². The molecule has 3 aromatic carbocycles. The van der Waals surface area contributed by atoms with E-state index in [2.05, 4.69) is 26.0 Å². The second-order valence-corrected chi connectivity index (χ2v) is 9.10. The van der Waals surface area contributed by atoms with Crippen molar-refractivity contribution in [2.24, 2.45) is 0 Å². The van der Waals surface area contributed by atoms with Gasteiger partial charge in [-0.2, -0.15) is 0 Å². The van der Waals surface area contributed by atoms with Crippen LogP contribution in [0.25, 0.3) is 0 Å². The van der Waals surface area contributed by atoms with E-state index in [4.69, 9.17) is 14.2 Å². The van der Waals surface area contributed by atoms with Gasteiger partial charge in [0.1, 0.15) is 35.2 Å². The predicted octanol–water partition coefficient (Wildman–Crippen LogP) is 5.79. The molecular formula is C27H28O4. The second kappa shape index (κ2) is 7.84. The van der Waals surface area contributed by atoms with Crippen LogP contribution in [0.5, 0.6) is 23.0 Å². The zero-order chi connectivity index (χ0) is 21.4. The molecule has 0 spiro atoms. The Hall–Kier alpha value is -3.14. The molecule has 0 amide bonds. The van der Waals surface area contributed by atoms with Crippen molar-refractivity contribution in [2.75, 3.05) is 6.61 Å². The zero-order valence-corrected chi connectivity index (χ0v) is 18.1. The number of hydrogen-bond donors (Lipinski definition) is 1. The molecule has 4 nitrogen and oxygen atoms in total. The molecule has 31 heavy (non-hydrogen) atoms. The van der Waals surface area contributed by atoms with Crippen LogP contribution in [0.2, 0.25) is 0 Å². The van der Waals surface area contributed by atoms with Crippen LogP contribution >= 0.6 is 0 Å². The van der Waals surface area contributed by atoms with Crippen molar-refractivity contribution < 1.29 is 19.3 Å². The van der Waals surface area contributed by atoms with Crippen molar-refractivity contribution in [2.45, 2.75) is 51.2 Å². The maximum Gasteiger partial charge on any atom is 0.129 e. The normalized spacial score (nSPS) is 18.8. The van der Waals surface area contributed by atoms with Crippen molar-refractivity contribution >= 4 is 0 Å². The molecule has 0 unspecified atom stereocenters. The lowest BCUT2D eigenvalue weighted by atomic mass is 9.86. The lowest BCUT2D eigenvalue weighted by Crippen LogP contribution is -2.33. The van der Waals surface area contributed by atoms with Gasteiger partial charge in [-0.3, -0.25) is 0 Å². The molecule has 0 saturated heterocycles. The van der Waals surface area contributed by atoms with Crippen molar-refractivity contribution in [3.8, 4) is 23.0 Å². The predicted molar refractivity (Wildman–Crippen MR) is 120 cm³/mol. The number of benzene rings is 3. The Bertz CT molecular complexity index is 1090. The van der Waals surface area contributed by atoms with Gasteiger partial charge in [-0.15, -0.1) is 0 Å². The van der Waals surface area contributed by atoms with Crippen LogP contribution in [0.3, 0.4) is 0 Å². The molecule has 3 aromatic rings. The van der Waals surface area contributed by atoms with E-state index in [1.165, 1.54) is 11.1 Å². The van der Waals surface area contributed by atoms with Gasteiger partial charge in [0.05, 0.1) is 6.61 Å². The van der Waals surface area contributed by atoms with E-state index in [1.807, 2.05) is 36.4 Å². The SMILES string of the molecule is CC1(C)CCc2c(ccc3c2OC[C@H](c2ccc(O)cc2OCc2ccccc2)C3)O1. The summed E-state index contributed by atoms with van der Waals surface area (Å²) in [6.07, 6.45) is 2.83. The Kier molecular flexibility index (Phi) is 5.01. The molecule has 0 radical (unpaired) electrons. The van der Waals surface area contributed by atoms with E-state index in [9.17, 15) is 5.11 Å². The van der Waals surface area contributed by atoms with Gasteiger partial charge in [-0.1, -0.05) is 42.5 Å². The Labute approximate surface area is 183 Å². The van der Waals surface area contributed by atoms with Crippen molar-refractivity contribution in [3.05, 3.63) is 82.9 Å². The first-order chi connectivity index (χ1) is 15.0. The highest BCUT2D eigenvalue weighted by molar-refractivity contribution is 5.54. The maximum absolute atomic E-state index is 10.0. The number of phenolic OH excluding ortho intramolecular Hbond substituents is 1. The number of ether oxygens (including phenoxy) is 3. The van der Waals surface area contributed by atoms with Crippen molar-refractivity contribution in [3.63, 3.8) is 0 Å². The molecule has 0 aromatic heterocycles. The average molecular weight is 417 g/mol. The number of phenols is 1. The largest absolute Gasteiger partial charge is 0.508 e. The third kappa shape index (κ3) is 4.07. The number of aromatic hydroxyl groups is 1. The van der Waals surface area contributed by atoms with E-state index < -0.39 is 0 Å². The van der Waals surface area contributed by atoms with Gasteiger partial charge in [0.2, 0.25) is 0 Å². The fourth-order valence-corrected chi connectivity index (χ4v) is 4.53.